The molecule has 0 saturated heterocycles. The third kappa shape index (κ3) is 2.02. The van der Waals surface area contributed by atoms with Crippen molar-refractivity contribution in [2.24, 2.45) is 0 Å². The number of H-pyrrole nitrogens is 1. The second-order valence-electron chi connectivity index (χ2n) is 4.38. The molecule has 3 heteroatoms. The van der Waals surface area contributed by atoms with Gasteiger partial charge in [-0.25, -0.2) is 4.79 Å². The number of imidazole rings is 1. The molecular formula is C10H18N2O. The van der Waals surface area contributed by atoms with Gasteiger partial charge in [0.25, 0.3) is 0 Å². The molecule has 0 aliphatic carbocycles. The molecule has 0 unspecified atom stereocenters. The Kier molecular flexibility index (Phi) is 2.64. The van der Waals surface area contributed by atoms with Gasteiger partial charge in [-0.3, -0.25) is 4.57 Å². The van der Waals surface area contributed by atoms with Gasteiger partial charge in [-0.1, -0.05) is 27.7 Å². The van der Waals surface area contributed by atoms with Gasteiger partial charge in [0.1, 0.15) is 0 Å². The van der Waals surface area contributed by atoms with E-state index < -0.39 is 0 Å². The molecule has 0 aliphatic rings. The smallest absolute Gasteiger partial charge is 0.312 e. The summed E-state index contributed by atoms with van der Waals surface area (Å²) in [6, 6.07) is 0. The van der Waals surface area contributed by atoms with Crippen molar-refractivity contribution in [1.82, 2.24) is 9.55 Å². The number of hydrogen-bond acceptors (Lipinski definition) is 1. The van der Waals surface area contributed by atoms with Crippen LogP contribution >= 0.6 is 0 Å². The lowest BCUT2D eigenvalue weighted by atomic mass is 9.92. The van der Waals surface area contributed by atoms with Crippen LogP contribution in [0.15, 0.2) is 11.0 Å². The standard InChI is InChI=1S/C10H18N2O/c1-5-6-12-8(10(2,3)4)7-11-9(12)13/h7H,5-6H2,1-4H3,(H,11,13). The average molecular weight is 182 g/mol. The number of nitrogens with one attached hydrogen (secondary N) is 1. The molecular weight excluding hydrogens is 164 g/mol. The van der Waals surface area contributed by atoms with E-state index in [0.29, 0.717) is 0 Å². The second kappa shape index (κ2) is 3.40. The normalized spacial score (nSPS) is 12.0. The highest BCUT2D eigenvalue weighted by atomic mass is 16.1. The summed E-state index contributed by atoms with van der Waals surface area (Å²) >= 11 is 0. The highest BCUT2D eigenvalue weighted by Gasteiger charge is 2.19. The minimum Gasteiger partial charge on any atom is -0.312 e. The van der Waals surface area contributed by atoms with E-state index in [1.54, 1.807) is 0 Å². The minimum absolute atomic E-state index is 0.00627. The maximum atomic E-state index is 11.4. The third-order valence-corrected chi connectivity index (χ3v) is 2.08. The Labute approximate surface area is 78.8 Å². The van der Waals surface area contributed by atoms with Gasteiger partial charge in [-0.15, -0.1) is 0 Å². The van der Waals surface area contributed by atoms with E-state index >= 15 is 0 Å². The van der Waals surface area contributed by atoms with Gasteiger partial charge in [-0.2, -0.15) is 0 Å². The van der Waals surface area contributed by atoms with E-state index in [9.17, 15) is 4.79 Å². The Bertz CT molecular complexity index is 327. The van der Waals surface area contributed by atoms with Crippen LogP contribution in [0, 0.1) is 0 Å². The van der Waals surface area contributed by atoms with Crippen molar-refractivity contribution in [2.45, 2.75) is 46.1 Å². The number of aromatic amines is 1. The summed E-state index contributed by atoms with van der Waals surface area (Å²) in [5, 5.41) is 0. The molecule has 0 radical (unpaired) electrons. The highest BCUT2D eigenvalue weighted by Crippen LogP contribution is 2.20. The molecule has 1 N–H and O–H groups in total. The Morgan fingerprint density at radius 1 is 1.46 bits per heavy atom. The molecule has 0 fully saturated rings. The summed E-state index contributed by atoms with van der Waals surface area (Å²) in [6.45, 7) is 9.21. The zero-order valence-corrected chi connectivity index (χ0v) is 8.85. The molecule has 0 spiro atoms. The van der Waals surface area contributed by atoms with Crippen LogP contribution < -0.4 is 5.69 Å². The molecule has 0 bridgehead atoms. The van der Waals surface area contributed by atoms with Crippen LogP contribution in [0.1, 0.15) is 39.8 Å². The summed E-state index contributed by atoms with van der Waals surface area (Å²) in [5.74, 6) is 0. The number of nitrogens with zero attached hydrogens (tertiary/aromatic N) is 1. The van der Waals surface area contributed by atoms with Gasteiger partial charge in [0.2, 0.25) is 0 Å². The lowest BCUT2D eigenvalue weighted by molar-refractivity contribution is 0.506. The van der Waals surface area contributed by atoms with Crippen LogP contribution in [-0.2, 0) is 12.0 Å². The number of rotatable bonds is 2. The average Bonchev–Trinajstić information content (AvgIpc) is 2.32. The van der Waals surface area contributed by atoms with Crippen molar-refractivity contribution in [3.8, 4) is 0 Å². The Morgan fingerprint density at radius 3 is 2.54 bits per heavy atom. The van der Waals surface area contributed by atoms with Gasteiger partial charge in [0.15, 0.2) is 0 Å². The van der Waals surface area contributed by atoms with Gasteiger partial charge in [0, 0.05) is 23.9 Å². The SMILES string of the molecule is CCCn1c(C(C)(C)C)c[nH]c1=O. The van der Waals surface area contributed by atoms with Crippen molar-refractivity contribution in [1.29, 1.82) is 0 Å². The van der Waals surface area contributed by atoms with Crippen LogP contribution in [0.25, 0.3) is 0 Å². The Balaban J connectivity index is 3.15. The van der Waals surface area contributed by atoms with Crippen LogP contribution in [-0.4, -0.2) is 9.55 Å². The summed E-state index contributed by atoms with van der Waals surface area (Å²) in [6.07, 6.45) is 2.80. The largest absolute Gasteiger partial charge is 0.325 e. The molecule has 1 rings (SSSR count). The van der Waals surface area contributed by atoms with Crippen molar-refractivity contribution in [3.63, 3.8) is 0 Å². The maximum Gasteiger partial charge on any atom is 0.325 e. The van der Waals surface area contributed by atoms with Crippen molar-refractivity contribution < 1.29 is 0 Å². The number of aromatic nitrogens is 2. The summed E-state index contributed by atoms with van der Waals surface area (Å²) in [4.78, 5) is 14.1. The lowest BCUT2D eigenvalue weighted by Gasteiger charge is -2.19. The zero-order chi connectivity index (χ0) is 10.1. The van der Waals surface area contributed by atoms with E-state index in [0.717, 1.165) is 18.7 Å². The van der Waals surface area contributed by atoms with Gasteiger partial charge in [0.05, 0.1) is 0 Å². The van der Waals surface area contributed by atoms with Gasteiger partial charge >= 0.3 is 5.69 Å². The lowest BCUT2D eigenvalue weighted by Crippen LogP contribution is -2.24. The summed E-state index contributed by atoms with van der Waals surface area (Å²) < 4.78 is 1.82. The van der Waals surface area contributed by atoms with Crippen molar-refractivity contribution in [2.75, 3.05) is 0 Å². The third-order valence-electron chi connectivity index (χ3n) is 2.08. The number of hydrogen-bond donors (Lipinski definition) is 1. The van der Waals surface area contributed by atoms with E-state index in [2.05, 4.69) is 32.7 Å². The summed E-state index contributed by atoms with van der Waals surface area (Å²) in [5.41, 5.74) is 1.13. The molecule has 1 aromatic heterocycles. The Hall–Kier alpha value is -0.990. The molecule has 0 saturated carbocycles. The van der Waals surface area contributed by atoms with Crippen molar-refractivity contribution in [3.05, 3.63) is 22.4 Å². The molecule has 0 aliphatic heterocycles. The first kappa shape index (κ1) is 10.1. The minimum atomic E-state index is 0.00627. The first-order valence-corrected chi connectivity index (χ1v) is 4.75. The fourth-order valence-electron chi connectivity index (χ4n) is 1.46. The van der Waals surface area contributed by atoms with Crippen LogP contribution in [0.3, 0.4) is 0 Å². The molecule has 1 aromatic rings. The van der Waals surface area contributed by atoms with Crippen LogP contribution in [0.4, 0.5) is 0 Å². The molecule has 3 nitrogen and oxygen atoms in total. The predicted molar refractivity (Wildman–Crippen MR) is 54.0 cm³/mol. The monoisotopic (exact) mass is 182 g/mol. The fourth-order valence-corrected chi connectivity index (χ4v) is 1.46. The molecule has 1 heterocycles. The second-order valence-corrected chi connectivity index (χ2v) is 4.38. The van der Waals surface area contributed by atoms with E-state index in [4.69, 9.17) is 0 Å². The first-order valence-electron chi connectivity index (χ1n) is 4.75. The van der Waals surface area contributed by atoms with Crippen molar-refractivity contribution >= 4 is 0 Å². The predicted octanol–water partition coefficient (Wildman–Crippen LogP) is 1.88. The topological polar surface area (TPSA) is 37.8 Å². The molecule has 13 heavy (non-hydrogen) atoms. The fraction of sp³-hybridized carbons (Fsp3) is 0.700. The molecule has 0 amide bonds. The summed E-state index contributed by atoms with van der Waals surface area (Å²) in [7, 11) is 0. The van der Waals surface area contributed by atoms with E-state index in [-0.39, 0.29) is 11.1 Å². The van der Waals surface area contributed by atoms with E-state index in [1.807, 2.05) is 10.8 Å². The van der Waals surface area contributed by atoms with Gasteiger partial charge < -0.3 is 4.98 Å². The van der Waals surface area contributed by atoms with Crippen LogP contribution in [0.5, 0.6) is 0 Å². The quantitative estimate of drug-likeness (QED) is 0.745. The Morgan fingerprint density at radius 2 is 2.08 bits per heavy atom. The van der Waals surface area contributed by atoms with Gasteiger partial charge in [-0.05, 0) is 6.42 Å². The van der Waals surface area contributed by atoms with E-state index in [1.165, 1.54) is 0 Å². The molecule has 74 valence electrons. The molecule has 0 aromatic carbocycles. The zero-order valence-electron chi connectivity index (χ0n) is 8.85. The maximum absolute atomic E-state index is 11.4. The van der Waals surface area contributed by atoms with Crippen LogP contribution in [0.2, 0.25) is 0 Å². The molecule has 0 atom stereocenters. The highest BCUT2D eigenvalue weighted by molar-refractivity contribution is 5.10. The first-order chi connectivity index (χ1) is 5.96.